The molecule has 2 aromatic rings. The number of hydrogen-bond donors (Lipinski definition) is 3. The summed E-state index contributed by atoms with van der Waals surface area (Å²) in [6, 6.07) is 1.48. The van der Waals surface area contributed by atoms with Gasteiger partial charge in [0.2, 0.25) is 10.0 Å². The fraction of sp³-hybridized carbons (Fsp3) is 0.300. The number of hydrogen-bond acceptors (Lipinski definition) is 7. The first-order valence-corrected chi connectivity index (χ1v) is 7.26. The largest absolute Gasteiger partial charge is 0.323 e. The average Bonchev–Trinajstić information content (AvgIpc) is 2.84. The number of nitrogens with two attached hydrogens (primary N) is 1. The van der Waals surface area contributed by atoms with Gasteiger partial charge in [0.1, 0.15) is 17.0 Å². The predicted molar refractivity (Wildman–Crippen MR) is 71.9 cm³/mol. The molecule has 10 heteroatoms. The molecule has 2 heterocycles. The van der Waals surface area contributed by atoms with Gasteiger partial charge in [-0.05, 0) is 6.07 Å². The van der Waals surface area contributed by atoms with E-state index in [-0.39, 0.29) is 17.1 Å². The Labute approximate surface area is 116 Å². The number of hydrazine groups is 1. The fourth-order valence-corrected chi connectivity index (χ4v) is 2.76. The van der Waals surface area contributed by atoms with Gasteiger partial charge >= 0.3 is 0 Å². The number of pyridine rings is 1. The van der Waals surface area contributed by atoms with Crippen molar-refractivity contribution in [3.05, 3.63) is 30.6 Å². The molecule has 0 bridgehead atoms. The molecule has 0 spiro atoms. The number of aryl methyl sites for hydroxylation is 1. The molecule has 0 aliphatic rings. The van der Waals surface area contributed by atoms with Gasteiger partial charge in [-0.2, -0.15) is 0 Å². The zero-order valence-electron chi connectivity index (χ0n) is 10.8. The quantitative estimate of drug-likeness (QED) is 0.461. The van der Waals surface area contributed by atoms with E-state index in [2.05, 4.69) is 25.3 Å². The molecular weight excluding hydrogens is 282 g/mol. The number of nitrogen functional groups attached to an aromatic ring is 1. The lowest BCUT2D eigenvalue weighted by Crippen LogP contribution is -2.28. The molecule has 2 aromatic heterocycles. The van der Waals surface area contributed by atoms with E-state index in [0.29, 0.717) is 12.2 Å². The van der Waals surface area contributed by atoms with Crippen LogP contribution in [-0.4, -0.2) is 34.7 Å². The van der Waals surface area contributed by atoms with Gasteiger partial charge in [-0.1, -0.05) is 0 Å². The molecule has 108 valence electrons. The van der Waals surface area contributed by atoms with Gasteiger partial charge in [-0.15, -0.1) is 10.2 Å². The first kappa shape index (κ1) is 14.4. The molecule has 0 unspecified atom stereocenters. The third-order valence-electron chi connectivity index (χ3n) is 2.68. The Hall–Kier alpha value is -2.04. The average molecular weight is 297 g/mol. The monoisotopic (exact) mass is 297 g/mol. The van der Waals surface area contributed by atoms with Crippen molar-refractivity contribution in [3.8, 4) is 0 Å². The summed E-state index contributed by atoms with van der Waals surface area (Å²) in [5.41, 5.74) is 2.61. The molecule has 20 heavy (non-hydrogen) atoms. The van der Waals surface area contributed by atoms with Crippen LogP contribution in [0.5, 0.6) is 0 Å². The van der Waals surface area contributed by atoms with Crippen molar-refractivity contribution in [1.82, 2.24) is 24.5 Å². The lowest BCUT2D eigenvalue weighted by atomic mass is 10.4. The van der Waals surface area contributed by atoms with Crippen molar-refractivity contribution in [2.75, 3.05) is 12.0 Å². The van der Waals surface area contributed by atoms with Crippen molar-refractivity contribution in [2.45, 2.75) is 11.3 Å². The summed E-state index contributed by atoms with van der Waals surface area (Å²) in [6.45, 7) is 0.202. The Morgan fingerprint density at radius 3 is 2.90 bits per heavy atom. The SMILES string of the molecule is Cn1cnnc1CCNS(=O)(=O)c1cnccc1NN. The molecule has 0 aliphatic heterocycles. The summed E-state index contributed by atoms with van der Waals surface area (Å²) in [5.74, 6) is 5.97. The fourth-order valence-electron chi connectivity index (χ4n) is 1.62. The van der Waals surface area contributed by atoms with Crippen LogP contribution >= 0.6 is 0 Å². The third-order valence-corrected chi connectivity index (χ3v) is 4.16. The number of nitrogens with one attached hydrogen (secondary N) is 2. The molecule has 9 nitrogen and oxygen atoms in total. The van der Waals surface area contributed by atoms with Gasteiger partial charge < -0.3 is 9.99 Å². The predicted octanol–water partition coefficient (Wildman–Crippen LogP) is -0.983. The summed E-state index contributed by atoms with van der Waals surface area (Å²) >= 11 is 0. The number of sulfonamides is 1. The van der Waals surface area contributed by atoms with E-state index in [1.807, 2.05) is 0 Å². The smallest absolute Gasteiger partial charge is 0.244 e. The van der Waals surface area contributed by atoms with Crippen molar-refractivity contribution < 1.29 is 8.42 Å². The minimum absolute atomic E-state index is 0.000431. The van der Waals surface area contributed by atoms with E-state index in [9.17, 15) is 8.42 Å². The topological polar surface area (TPSA) is 128 Å². The van der Waals surface area contributed by atoms with Crippen LogP contribution in [0.4, 0.5) is 5.69 Å². The van der Waals surface area contributed by atoms with Crippen LogP contribution in [0.3, 0.4) is 0 Å². The lowest BCUT2D eigenvalue weighted by molar-refractivity contribution is 0.580. The first-order chi connectivity index (χ1) is 9.54. The van der Waals surface area contributed by atoms with E-state index in [1.54, 1.807) is 17.9 Å². The molecule has 0 saturated heterocycles. The van der Waals surface area contributed by atoms with E-state index in [0.717, 1.165) is 0 Å². The highest BCUT2D eigenvalue weighted by molar-refractivity contribution is 7.89. The first-order valence-electron chi connectivity index (χ1n) is 5.78. The molecule has 4 N–H and O–H groups in total. The van der Waals surface area contributed by atoms with Crippen LogP contribution in [0.2, 0.25) is 0 Å². The number of rotatable bonds is 6. The number of nitrogens with zero attached hydrogens (tertiary/aromatic N) is 4. The Morgan fingerprint density at radius 1 is 1.45 bits per heavy atom. The summed E-state index contributed by atoms with van der Waals surface area (Å²) in [7, 11) is -1.89. The van der Waals surface area contributed by atoms with E-state index in [4.69, 9.17) is 5.84 Å². The molecular formula is C10H15N7O2S. The molecule has 0 amide bonds. The van der Waals surface area contributed by atoms with Crippen LogP contribution < -0.4 is 16.0 Å². The van der Waals surface area contributed by atoms with Gasteiger partial charge in [-0.25, -0.2) is 13.1 Å². The standard InChI is InChI=1S/C10H15N7O2S/c1-17-7-13-16-10(17)3-5-14-20(18,19)9-6-12-4-2-8(9)15-11/h2,4,6-7,14H,3,5,11H2,1H3,(H,12,15). The van der Waals surface area contributed by atoms with E-state index >= 15 is 0 Å². The van der Waals surface area contributed by atoms with Crippen LogP contribution in [-0.2, 0) is 23.5 Å². The molecule has 0 radical (unpaired) electrons. The van der Waals surface area contributed by atoms with Crippen molar-refractivity contribution in [1.29, 1.82) is 0 Å². The number of anilines is 1. The Balaban J connectivity index is 2.06. The van der Waals surface area contributed by atoms with Gasteiger partial charge in [0.25, 0.3) is 0 Å². The van der Waals surface area contributed by atoms with Crippen LogP contribution in [0.1, 0.15) is 5.82 Å². The van der Waals surface area contributed by atoms with Gasteiger partial charge in [0, 0.05) is 32.4 Å². The third kappa shape index (κ3) is 3.10. The van der Waals surface area contributed by atoms with E-state index < -0.39 is 10.0 Å². The molecule has 2 rings (SSSR count). The highest BCUT2D eigenvalue weighted by atomic mass is 32.2. The maximum Gasteiger partial charge on any atom is 0.244 e. The van der Waals surface area contributed by atoms with Crippen LogP contribution in [0.25, 0.3) is 0 Å². The van der Waals surface area contributed by atoms with Crippen molar-refractivity contribution in [2.24, 2.45) is 12.9 Å². The highest BCUT2D eigenvalue weighted by Gasteiger charge is 2.18. The molecule has 0 atom stereocenters. The minimum Gasteiger partial charge on any atom is -0.323 e. The van der Waals surface area contributed by atoms with Gasteiger partial charge in [-0.3, -0.25) is 10.8 Å². The van der Waals surface area contributed by atoms with Crippen LogP contribution in [0.15, 0.2) is 29.7 Å². The van der Waals surface area contributed by atoms with Crippen molar-refractivity contribution in [3.63, 3.8) is 0 Å². The molecule has 0 saturated carbocycles. The summed E-state index contributed by atoms with van der Waals surface area (Å²) in [6.07, 6.45) is 4.68. The minimum atomic E-state index is -3.68. The summed E-state index contributed by atoms with van der Waals surface area (Å²) in [4.78, 5) is 3.79. The zero-order valence-corrected chi connectivity index (χ0v) is 11.6. The second-order valence-electron chi connectivity index (χ2n) is 4.02. The Bertz CT molecular complexity index is 682. The second kappa shape index (κ2) is 5.94. The molecule has 0 aliphatic carbocycles. The summed E-state index contributed by atoms with van der Waals surface area (Å²) in [5, 5.41) is 7.60. The lowest BCUT2D eigenvalue weighted by Gasteiger charge is -2.10. The van der Waals surface area contributed by atoms with Crippen LogP contribution in [0, 0.1) is 0 Å². The highest BCUT2D eigenvalue weighted by Crippen LogP contribution is 2.17. The van der Waals surface area contributed by atoms with Crippen molar-refractivity contribution >= 4 is 15.7 Å². The number of aromatic nitrogens is 4. The second-order valence-corrected chi connectivity index (χ2v) is 5.76. The normalized spacial score (nSPS) is 11.5. The maximum absolute atomic E-state index is 12.1. The van der Waals surface area contributed by atoms with E-state index in [1.165, 1.54) is 18.5 Å². The van der Waals surface area contributed by atoms with Gasteiger partial charge in [0.15, 0.2) is 0 Å². The zero-order chi connectivity index (χ0) is 14.6. The Morgan fingerprint density at radius 2 is 2.25 bits per heavy atom. The molecule has 0 fully saturated rings. The summed E-state index contributed by atoms with van der Waals surface area (Å²) < 4.78 is 28.5. The Kier molecular flexibility index (Phi) is 4.27. The van der Waals surface area contributed by atoms with Gasteiger partial charge in [0.05, 0.1) is 5.69 Å². The molecule has 0 aromatic carbocycles. The maximum atomic E-state index is 12.1.